The number of thiol groups is 1. The highest BCUT2D eigenvalue weighted by atomic mass is 35.5. The largest absolute Gasteiger partial charge is 0.354 e. The van der Waals surface area contributed by atoms with Crippen LogP contribution in [0.25, 0.3) is 0 Å². The van der Waals surface area contributed by atoms with E-state index in [1.807, 2.05) is 0 Å². The summed E-state index contributed by atoms with van der Waals surface area (Å²) in [5.41, 5.74) is 1.63. The predicted octanol–water partition coefficient (Wildman–Crippen LogP) is 3.05. The van der Waals surface area contributed by atoms with Crippen LogP contribution < -0.4 is 5.32 Å². The topological polar surface area (TPSA) is 52.7 Å². The van der Waals surface area contributed by atoms with Gasteiger partial charge < -0.3 is 5.32 Å². The molecule has 5 nitrogen and oxygen atoms in total. The number of amides is 1. The molecule has 2 aliphatic heterocycles. The molecule has 2 heterocycles. The summed E-state index contributed by atoms with van der Waals surface area (Å²) in [7, 11) is 0. The molecule has 3 aliphatic rings. The van der Waals surface area contributed by atoms with Crippen LogP contribution in [0, 0.1) is 11.7 Å². The lowest BCUT2D eigenvalue weighted by molar-refractivity contribution is -0.126. The maximum atomic E-state index is 14.6. The maximum Gasteiger partial charge on any atom is 0.234 e. The van der Waals surface area contributed by atoms with E-state index in [1.54, 1.807) is 18.2 Å². The highest BCUT2D eigenvalue weighted by Gasteiger charge is 2.40. The van der Waals surface area contributed by atoms with Crippen molar-refractivity contribution in [3.8, 4) is 0 Å². The number of halogens is 3. The number of nitrogens with one attached hydrogen (secondary N) is 1. The van der Waals surface area contributed by atoms with Gasteiger partial charge in [-0.3, -0.25) is 19.4 Å². The Morgan fingerprint density at radius 3 is 2.61 bits per heavy atom. The quantitative estimate of drug-likeness (QED) is 0.476. The van der Waals surface area contributed by atoms with E-state index in [-0.39, 0.29) is 53.5 Å². The number of ketones is 1. The number of benzene rings is 1. The van der Waals surface area contributed by atoms with E-state index in [0.29, 0.717) is 31.7 Å². The lowest BCUT2D eigenvalue weighted by atomic mass is 9.93. The summed E-state index contributed by atoms with van der Waals surface area (Å²) in [5, 5.41) is 2.96. The summed E-state index contributed by atoms with van der Waals surface area (Å²) in [4.78, 5) is 28.9. The number of nitrogens with zero attached hydrogens (tertiary/aromatic N) is 2. The molecule has 0 radical (unpaired) electrons. The highest BCUT2D eigenvalue weighted by molar-refractivity contribution is 7.81. The van der Waals surface area contributed by atoms with E-state index in [1.165, 1.54) is 6.07 Å². The molecular weight excluding hydrogens is 460 g/mol. The minimum absolute atomic E-state index is 0. The van der Waals surface area contributed by atoms with Gasteiger partial charge in [-0.05, 0) is 30.9 Å². The molecule has 1 aromatic carbocycles. The van der Waals surface area contributed by atoms with E-state index >= 15 is 0 Å². The van der Waals surface area contributed by atoms with Crippen molar-refractivity contribution in [3.63, 3.8) is 0 Å². The summed E-state index contributed by atoms with van der Waals surface area (Å²) in [5.74, 6) is -0.0614. The molecule has 1 saturated carbocycles. The van der Waals surface area contributed by atoms with Crippen LogP contribution in [0.4, 0.5) is 4.39 Å². The first-order chi connectivity index (χ1) is 14.0. The Kier molecular flexibility index (Phi) is 9.83. The number of rotatable bonds is 6. The van der Waals surface area contributed by atoms with Crippen molar-refractivity contribution in [2.75, 3.05) is 39.3 Å². The molecule has 0 spiro atoms. The zero-order valence-corrected chi connectivity index (χ0v) is 19.9. The van der Waals surface area contributed by atoms with Gasteiger partial charge in [0.1, 0.15) is 5.82 Å². The molecule has 31 heavy (non-hydrogen) atoms. The van der Waals surface area contributed by atoms with E-state index in [2.05, 4.69) is 21.2 Å². The van der Waals surface area contributed by atoms with Crippen molar-refractivity contribution in [3.05, 3.63) is 47.3 Å². The van der Waals surface area contributed by atoms with Crippen LogP contribution in [0.2, 0.25) is 0 Å². The van der Waals surface area contributed by atoms with Crippen molar-refractivity contribution >= 4 is 49.1 Å². The van der Waals surface area contributed by atoms with E-state index in [0.717, 1.165) is 37.9 Å². The zero-order valence-electron chi connectivity index (χ0n) is 17.3. The third kappa shape index (κ3) is 6.45. The standard InChI is InChI=1S/C22H28FN3O2S.2ClH/c23-18-4-2-1-3-17(18)21(22(28)15-5-6-15)26-11-8-19(29)16(13-26)7-10-25-12-9-24-20(27)14-25;;/h1-4,7,15,19,21,29H,5-6,8-14H2,(H,24,27);2*1H. The van der Waals surface area contributed by atoms with Gasteiger partial charge in [0.25, 0.3) is 0 Å². The van der Waals surface area contributed by atoms with Crippen LogP contribution in [0.15, 0.2) is 35.9 Å². The Bertz CT molecular complexity index is 822. The van der Waals surface area contributed by atoms with Crippen molar-refractivity contribution in [2.45, 2.75) is 30.6 Å². The summed E-state index contributed by atoms with van der Waals surface area (Å²) in [6.07, 6.45) is 4.78. The lowest BCUT2D eigenvalue weighted by Gasteiger charge is -2.38. The van der Waals surface area contributed by atoms with Crippen molar-refractivity contribution in [2.24, 2.45) is 5.92 Å². The number of hydrogen-bond acceptors (Lipinski definition) is 5. The van der Waals surface area contributed by atoms with Crippen LogP contribution in [0.3, 0.4) is 0 Å². The van der Waals surface area contributed by atoms with Gasteiger partial charge in [0.2, 0.25) is 5.91 Å². The van der Waals surface area contributed by atoms with Crippen LogP contribution >= 0.6 is 37.4 Å². The second-order valence-corrected chi connectivity index (χ2v) is 8.86. The van der Waals surface area contributed by atoms with Gasteiger partial charge in [-0.25, -0.2) is 4.39 Å². The van der Waals surface area contributed by atoms with Gasteiger partial charge >= 0.3 is 0 Å². The van der Waals surface area contributed by atoms with E-state index < -0.39 is 6.04 Å². The van der Waals surface area contributed by atoms with Gasteiger partial charge in [0.05, 0.1) is 12.6 Å². The molecule has 9 heteroatoms. The minimum atomic E-state index is -0.534. The third-order valence-electron chi connectivity index (χ3n) is 6.05. The van der Waals surface area contributed by atoms with Gasteiger partial charge in [-0.15, -0.1) is 24.8 Å². The number of carbonyl (C=O) groups is 2. The maximum absolute atomic E-state index is 14.6. The van der Waals surface area contributed by atoms with E-state index in [9.17, 15) is 14.0 Å². The first kappa shape index (κ1) is 26.1. The lowest BCUT2D eigenvalue weighted by Crippen LogP contribution is -2.47. The Morgan fingerprint density at radius 1 is 1.19 bits per heavy atom. The molecule has 1 aliphatic carbocycles. The monoisotopic (exact) mass is 489 g/mol. The predicted molar refractivity (Wildman–Crippen MR) is 128 cm³/mol. The normalized spacial score (nSPS) is 24.6. The molecule has 2 atom stereocenters. The fraction of sp³-hybridized carbons (Fsp3) is 0.545. The number of carbonyl (C=O) groups excluding carboxylic acids is 2. The Balaban J connectivity index is 0.00000171. The first-order valence-corrected chi connectivity index (χ1v) is 10.9. The molecule has 4 rings (SSSR count). The average molecular weight is 490 g/mol. The first-order valence-electron chi connectivity index (χ1n) is 10.4. The molecule has 1 N–H and O–H groups in total. The second-order valence-electron chi connectivity index (χ2n) is 8.24. The number of piperazine rings is 1. The average Bonchev–Trinajstić information content (AvgIpc) is 3.55. The third-order valence-corrected chi connectivity index (χ3v) is 6.64. The van der Waals surface area contributed by atoms with Crippen LogP contribution in [0.5, 0.6) is 0 Å². The summed E-state index contributed by atoms with van der Waals surface area (Å²) in [6.45, 7) is 3.91. The minimum Gasteiger partial charge on any atom is -0.354 e. The number of likely N-dealkylation sites (tertiary alicyclic amines) is 1. The molecule has 1 aromatic rings. The fourth-order valence-corrected chi connectivity index (χ4v) is 4.53. The van der Waals surface area contributed by atoms with Gasteiger partial charge in [-0.2, -0.15) is 12.6 Å². The van der Waals surface area contributed by atoms with Gasteiger partial charge in [-0.1, -0.05) is 24.3 Å². The summed E-state index contributed by atoms with van der Waals surface area (Å²) >= 11 is 4.74. The van der Waals surface area contributed by atoms with Crippen molar-refractivity contribution in [1.29, 1.82) is 0 Å². The van der Waals surface area contributed by atoms with Gasteiger partial charge in [0, 0.05) is 49.5 Å². The Morgan fingerprint density at radius 2 is 1.94 bits per heavy atom. The molecule has 3 fully saturated rings. The molecule has 0 aromatic heterocycles. The second kappa shape index (κ2) is 11.7. The van der Waals surface area contributed by atoms with Gasteiger partial charge in [0.15, 0.2) is 5.78 Å². The number of piperidine rings is 1. The molecular formula is C22H30Cl2FN3O2S. The van der Waals surface area contributed by atoms with Crippen LogP contribution in [-0.4, -0.2) is 66.0 Å². The molecule has 2 unspecified atom stereocenters. The Hall–Kier alpha value is -1.12. The zero-order chi connectivity index (χ0) is 20.4. The molecule has 2 saturated heterocycles. The van der Waals surface area contributed by atoms with Crippen molar-refractivity contribution in [1.82, 2.24) is 15.1 Å². The van der Waals surface area contributed by atoms with Crippen LogP contribution in [0.1, 0.15) is 30.9 Å². The molecule has 0 bridgehead atoms. The summed E-state index contributed by atoms with van der Waals surface area (Å²) in [6, 6.07) is 6.11. The smallest absolute Gasteiger partial charge is 0.234 e. The number of hydrogen-bond donors (Lipinski definition) is 2. The fourth-order valence-electron chi connectivity index (χ4n) is 4.22. The highest BCUT2D eigenvalue weighted by Crippen LogP contribution is 2.39. The SMILES string of the molecule is Cl.Cl.O=C1CN(CC=C2CN(C(C(=O)C3CC3)c3ccccc3F)CCC2S)CCN1. The molecule has 172 valence electrons. The summed E-state index contributed by atoms with van der Waals surface area (Å²) < 4.78 is 14.6. The van der Waals surface area contributed by atoms with Crippen molar-refractivity contribution < 1.29 is 14.0 Å². The molecule has 1 amide bonds. The van der Waals surface area contributed by atoms with Crippen LogP contribution in [-0.2, 0) is 9.59 Å². The Labute approximate surface area is 201 Å². The van der Waals surface area contributed by atoms with E-state index in [4.69, 9.17) is 12.6 Å². The number of Topliss-reactive ketones (excluding diaryl/α,β-unsaturated/α-hetero) is 1.